The minimum atomic E-state index is -0.0921. The van der Waals surface area contributed by atoms with E-state index >= 15 is 0 Å². The lowest BCUT2D eigenvalue weighted by Gasteiger charge is -2.16. The average Bonchev–Trinajstić information content (AvgIpc) is 3.37. The third-order valence-corrected chi connectivity index (χ3v) is 4.62. The molecule has 1 aromatic rings. The van der Waals surface area contributed by atoms with Gasteiger partial charge in [0.15, 0.2) is 11.5 Å². The van der Waals surface area contributed by atoms with Crippen molar-refractivity contribution in [2.75, 3.05) is 20.3 Å². The van der Waals surface area contributed by atoms with Crippen molar-refractivity contribution in [3.8, 4) is 11.5 Å². The number of rotatable bonds is 9. The highest BCUT2D eigenvalue weighted by Gasteiger charge is 2.45. The number of esters is 1. The van der Waals surface area contributed by atoms with Gasteiger partial charge in [0.25, 0.3) is 0 Å². The predicted octanol–water partition coefficient (Wildman–Crippen LogP) is 4.18. The summed E-state index contributed by atoms with van der Waals surface area (Å²) in [6.45, 7) is 7.34. The van der Waals surface area contributed by atoms with Gasteiger partial charge in [0, 0.05) is 0 Å². The summed E-state index contributed by atoms with van der Waals surface area (Å²) in [5.74, 6) is 2.23. The van der Waals surface area contributed by atoms with Crippen LogP contribution in [0.4, 0.5) is 0 Å². The van der Waals surface area contributed by atoms with Crippen LogP contribution in [0.25, 0.3) is 0 Å². The molecule has 1 fully saturated rings. The molecule has 2 atom stereocenters. The number of carbonyl (C=O) groups excluding carboxylic acids is 1. The van der Waals surface area contributed by atoms with Crippen molar-refractivity contribution in [2.24, 2.45) is 11.8 Å². The number of carbonyl (C=O) groups is 1. The minimum absolute atomic E-state index is 0.00372. The highest BCUT2D eigenvalue weighted by atomic mass is 16.5. The molecule has 4 nitrogen and oxygen atoms in total. The summed E-state index contributed by atoms with van der Waals surface area (Å²) in [6, 6.07) is 5.98. The third kappa shape index (κ3) is 4.40. The second kappa shape index (κ2) is 8.23. The Hall–Kier alpha value is -1.71. The van der Waals surface area contributed by atoms with E-state index in [9.17, 15) is 4.79 Å². The zero-order valence-electron chi connectivity index (χ0n) is 14.6. The van der Waals surface area contributed by atoms with Gasteiger partial charge in [-0.3, -0.25) is 4.79 Å². The zero-order valence-corrected chi connectivity index (χ0v) is 14.6. The van der Waals surface area contributed by atoms with E-state index in [2.05, 4.69) is 13.8 Å². The summed E-state index contributed by atoms with van der Waals surface area (Å²) in [4.78, 5) is 11.8. The number of benzene rings is 1. The summed E-state index contributed by atoms with van der Waals surface area (Å²) < 4.78 is 16.5. The van der Waals surface area contributed by atoms with Gasteiger partial charge in [0.05, 0.1) is 26.2 Å². The summed E-state index contributed by atoms with van der Waals surface area (Å²) in [5, 5.41) is 0. The molecule has 1 aromatic carbocycles. The minimum Gasteiger partial charge on any atom is -0.493 e. The van der Waals surface area contributed by atoms with Crippen molar-refractivity contribution >= 4 is 5.97 Å². The van der Waals surface area contributed by atoms with Crippen LogP contribution in [0.2, 0.25) is 0 Å². The van der Waals surface area contributed by atoms with E-state index in [0.717, 1.165) is 36.3 Å². The molecular weight excluding hydrogens is 292 g/mol. The van der Waals surface area contributed by atoms with E-state index < -0.39 is 0 Å². The standard InChI is InChI=1S/C19H28O4/c1-5-13(6-2)12-23-17-9-8-14(10-18(17)21-4)15-11-16(15)19(20)22-7-3/h8-10,13,15-16H,5-7,11-12H2,1-4H3. The van der Waals surface area contributed by atoms with Gasteiger partial charge in [-0.15, -0.1) is 0 Å². The van der Waals surface area contributed by atoms with Crippen molar-refractivity contribution in [3.05, 3.63) is 23.8 Å². The number of methoxy groups -OCH3 is 1. The molecule has 2 rings (SSSR count). The van der Waals surface area contributed by atoms with E-state index in [0.29, 0.717) is 19.1 Å². The maximum atomic E-state index is 11.8. The van der Waals surface area contributed by atoms with Crippen LogP contribution in [-0.2, 0) is 9.53 Å². The van der Waals surface area contributed by atoms with Gasteiger partial charge in [0.2, 0.25) is 0 Å². The molecule has 0 heterocycles. The highest BCUT2D eigenvalue weighted by Crippen LogP contribution is 2.49. The SMILES string of the molecule is CCOC(=O)C1CC1c1ccc(OCC(CC)CC)c(OC)c1. The smallest absolute Gasteiger partial charge is 0.309 e. The molecule has 1 aliphatic rings. The van der Waals surface area contributed by atoms with Gasteiger partial charge >= 0.3 is 5.97 Å². The monoisotopic (exact) mass is 320 g/mol. The summed E-state index contributed by atoms with van der Waals surface area (Å²) in [6.07, 6.45) is 3.08. The first-order valence-electron chi connectivity index (χ1n) is 8.61. The topological polar surface area (TPSA) is 44.8 Å². The van der Waals surface area contributed by atoms with Crippen LogP contribution in [0.1, 0.15) is 51.5 Å². The first-order chi connectivity index (χ1) is 11.1. The first kappa shape index (κ1) is 17.6. The van der Waals surface area contributed by atoms with Crippen LogP contribution >= 0.6 is 0 Å². The molecule has 0 spiro atoms. The number of hydrogen-bond donors (Lipinski definition) is 0. The van der Waals surface area contributed by atoms with Gasteiger partial charge in [-0.05, 0) is 42.9 Å². The fourth-order valence-corrected chi connectivity index (χ4v) is 2.84. The van der Waals surface area contributed by atoms with Crippen LogP contribution in [0.3, 0.4) is 0 Å². The Bertz CT molecular complexity index is 522. The van der Waals surface area contributed by atoms with E-state index in [4.69, 9.17) is 14.2 Å². The summed E-state index contributed by atoms with van der Waals surface area (Å²) in [5.41, 5.74) is 1.12. The molecule has 0 amide bonds. The molecule has 4 heteroatoms. The Balaban J connectivity index is 2.01. The fourth-order valence-electron chi connectivity index (χ4n) is 2.84. The molecule has 1 saturated carbocycles. The van der Waals surface area contributed by atoms with Crippen LogP contribution in [0.15, 0.2) is 18.2 Å². The Kier molecular flexibility index (Phi) is 6.31. The Morgan fingerprint density at radius 1 is 1.22 bits per heavy atom. The molecule has 128 valence electrons. The lowest BCUT2D eigenvalue weighted by atomic mass is 10.1. The van der Waals surface area contributed by atoms with Crippen molar-refractivity contribution in [1.82, 2.24) is 0 Å². The van der Waals surface area contributed by atoms with Crippen LogP contribution < -0.4 is 9.47 Å². The molecule has 2 unspecified atom stereocenters. The molecule has 0 aliphatic heterocycles. The second-order valence-electron chi connectivity index (χ2n) is 6.10. The predicted molar refractivity (Wildman–Crippen MR) is 90.0 cm³/mol. The number of ether oxygens (including phenoxy) is 3. The average molecular weight is 320 g/mol. The Morgan fingerprint density at radius 2 is 1.96 bits per heavy atom. The second-order valence-corrected chi connectivity index (χ2v) is 6.10. The lowest BCUT2D eigenvalue weighted by molar-refractivity contribution is -0.144. The van der Waals surface area contributed by atoms with Crippen LogP contribution in [0, 0.1) is 11.8 Å². The fraction of sp³-hybridized carbons (Fsp3) is 0.632. The van der Waals surface area contributed by atoms with Crippen molar-refractivity contribution in [1.29, 1.82) is 0 Å². The van der Waals surface area contributed by atoms with E-state index in [1.165, 1.54) is 0 Å². The van der Waals surface area contributed by atoms with Gasteiger partial charge in [-0.25, -0.2) is 0 Å². The van der Waals surface area contributed by atoms with Crippen molar-refractivity contribution in [3.63, 3.8) is 0 Å². The molecule has 0 N–H and O–H groups in total. The van der Waals surface area contributed by atoms with Crippen LogP contribution in [-0.4, -0.2) is 26.3 Å². The molecular formula is C19H28O4. The summed E-state index contributed by atoms with van der Waals surface area (Å²) in [7, 11) is 1.65. The van der Waals surface area contributed by atoms with Gasteiger partial charge < -0.3 is 14.2 Å². The normalized spacial score (nSPS) is 19.5. The number of hydrogen-bond acceptors (Lipinski definition) is 4. The quantitative estimate of drug-likeness (QED) is 0.640. The highest BCUT2D eigenvalue weighted by molar-refractivity contribution is 5.77. The van der Waals surface area contributed by atoms with Gasteiger partial charge in [-0.1, -0.05) is 32.8 Å². The maximum Gasteiger partial charge on any atom is 0.309 e. The lowest BCUT2D eigenvalue weighted by Crippen LogP contribution is -2.10. The van der Waals surface area contributed by atoms with Gasteiger partial charge in [0.1, 0.15) is 0 Å². The molecule has 0 aromatic heterocycles. The Labute approximate surface area is 139 Å². The Morgan fingerprint density at radius 3 is 2.57 bits per heavy atom. The van der Waals surface area contributed by atoms with E-state index in [-0.39, 0.29) is 17.8 Å². The van der Waals surface area contributed by atoms with E-state index in [1.54, 1.807) is 7.11 Å². The van der Waals surface area contributed by atoms with Gasteiger partial charge in [-0.2, -0.15) is 0 Å². The molecule has 1 aliphatic carbocycles. The van der Waals surface area contributed by atoms with Crippen molar-refractivity contribution in [2.45, 2.75) is 46.0 Å². The summed E-state index contributed by atoms with van der Waals surface area (Å²) >= 11 is 0. The molecule has 23 heavy (non-hydrogen) atoms. The van der Waals surface area contributed by atoms with Crippen LogP contribution in [0.5, 0.6) is 11.5 Å². The molecule has 0 saturated heterocycles. The first-order valence-corrected chi connectivity index (χ1v) is 8.61. The zero-order chi connectivity index (χ0) is 16.8. The third-order valence-electron chi connectivity index (χ3n) is 4.62. The van der Waals surface area contributed by atoms with Crippen molar-refractivity contribution < 1.29 is 19.0 Å². The molecule has 0 bridgehead atoms. The molecule has 0 radical (unpaired) electrons. The maximum absolute atomic E-state index is 11.8. The largest absolute Gasteiger partial charge is 0.493 e. The van der Waals surface area contributed by atoms with E-state index in [1.807, 2.05) is 25.1 Å².